The van der Waals surface area contributed by atoms with Gasteiger partial charge in [0.25, 0.3) is 0 Å². The van der Waals surface area contributed by atoms with Gasteiger partial charge in [-0.15, -0.1) is 0 Å². The number of alkyl halides is 2. The van der Waals surface area contributed by atoms with Crippen LogP contribution in [0.25, 0.3) is 0 Å². The topological polar surface area (TPSA) is 3.24 Å². The minimum absolute atomic E-state index is 0.226. The lowest BCUT2D eigenvalue weighted by Gasteiger charge is -2.23. The summed E-state index contributed by atoms with van der Waals surface area (Å²) in [4.78, 5) is -0.226. The van der Waals surface area contributed by atoms with E-state index in [9.17, 15) is 30.7 Å². The van der Waals surface area contributed by atoms with Gasteiger partial charge in [-0.05, 0) is 6.92 Å². The fourth-order valence-corrected chi connectivity index (χ4v) is 1.18. The van der Waals surface area contributed by atoms with Crippen molar-refractivity contribution in [1.29, 1.82) is 0 Å². The third-order valence-corrected chi connectivity index (χ3v) is 2.03. The molecule has 1 aromatic carbocycles. The molecule has 1 nitrogen and oxygen atoms in total. The van der Waals surface area contributed by atoms with E-state index in [2.05, 4.69) is 0 Å². The first-order chi connectivity index (χ1) is 7.82. The third kappa shape index (κ3) is 2.16. The van der Waals surface area contributed by atoms with E-state index in [1.54, 1.807) is 0 Å². The van der Waals surface area contributed by atoms with E-state index in [1.807, 2.05) is 0 Å². The van der Waals surface area contributed by atoms with Gasteiger partial charge in [0.15, 0.2) is 36.4 Å². The molecule has 0 saturated carbocycles. The average Bonchev–Trinajstić information content (AvgIpc) is 2.29. The van der Waals surface area contributed by atoms with Gasteiger partial charge in [-0.2, -0.15) is 0 Å². The van der Waals surface area contributed by atoms with Crippen molar-refractivity contribution in [3.8, 4) is 0 Å². The summed E-state index contributed by atoms with van der Waals surface area (Å²) in [5, 5.41) is 0. The van der Waals surface area contributed by atoms with Crippen LogP contribution < -0.4 is 4.90 Å². The molecule has 0 aliphatic carbocycles. The van der Waals surface area contributed by atoms with Crippen LogP contribution in [0.5, 0.6) is 0 Å². The molecule has 0 N–H and O–H groups in total. The van der Waals surface area contributed by atoms with Crippen LogP contribution in [0.3, 0.4) is 0 Å². The van der Waals surface area contributed by atoms with E-state index >= 15 is 0 Å². The van der Waals surface area contributed by atoms with Crippen molar-refractivity contribution in [3.63, 3.8) is 0 Å². The predicted molar refractivity (Wildman–Crippen MR) is 45.3 cm³/mol. The number of hydrogen-bond donors (Lipinski definition) is 0. The Bertz CT molecular complexity index is 403. The highest BCUT2D eigenvalue weighted by molar-refractivity contribution is 5.50. The zero-order valence-corrected chi connectivity index (χ0v) is 8.38. The first-order valence-electron chi connectivity index (χ1n) is 4.31. The molecular formula is C9H6F7N. The molecule has 0 spiro atoms. The minimum Gasteiger partial charge on any atom is -0.309 e. The Hall–Kier alpha value is -1.47. The van der Waals surface area contributed by atoms with Crippen molar-refractivity contribution >= 4 is 5.69 Å². The van der Waals surface area contributed by atoms with Crippen LogP contribution in [0.1, 0.15) is 6.92 Å². The van der Waals surface area contributed by atoms with E-state index in [4.69, 9.17) is 0 Å². The molecule has 0 aromatic heterocycles. The first-order valence-corrected chi connectivity index (χ1v) is 4.31. The van der Waals surface area contributed by atoms with Gasteiger partial charge in [0.05, 0.1) is 0 Å². The number of nitrogens with zero attached hydrogens (tertiary/aromatic N) is 1. The largest absolute Gasteiger partial charge is 0.309 e. The van der Waals surface area contributed by atoms with Crippen LogP contribution in [0, 0.1) is 29.1 Å². The maximum absolute atomic E-state index is 13.1. The van der Waals surface area contributed by atoms with Gasteiger partial charge in [-0.25, -0.2) is 30.7 Å². The fourth-order valence-electron chi connectivity index (χ4n) is 1.18. The Morgan fingerprint density at radius 1 is 0.882 bits per heavy atom. The molecule has 8 heteroatoms. The van der Waals surface area contributed by atoms with Crippen LogP contribution in [0.15, 0.2) is 0 Å². The Morgan fingerprint density at radius 3 is 1.53 bits per heavy atom. The Morgan fingerprint density at radius 2 is 1.24 bits per heavy atom. The molecule has 0 radical (unpaired) electrons. The molecule has 0 heterocycles. The Balaban J connectivity index is 3.53. The average molecular weight is 261 g/mol. The molecule has 0 aliphatic rings. The zero-order chi connectivity index (χ0) is 13.3. The molecule has 0 aliphatic heterocycles. The van der Waals surface area contributed by atoms with Crippen LogP contribution in [-0.2, 0) is 0 Å². The van der Waals surface area contributed by atoms with Crippen LogP contribution in [0.4, 0.5) is 36.4 Å². The minimum atomic E-state index is -2.38. The van der Waals surface area contributed by atoms with Crippen molar-refractivity contribution in [2.75, 3.05) is 11.7 Å². The standard InChI is InChI=1S/C9H6F7N/c1-3(11)17(2-10)9-7(15)5(13)4(12)6(14)8(9)16/h3H,2H2,1H3. The zero-order valence-electron chi connectivity index (χ0n) is 8.38. The van der Waals surface area contributed by atoms with Gasteiger partial charge in [0.1, 0.15) is 5.69 Å². The monoisotopic (exact) mass is 261 g/mol. The van der Waals surface area contributed by atoms with Crippen molar-refractivity contribution < 1.29 is 30.7 Å². The van der Waals surface area contributed by atoms with Crippen LogP contribution >= 0.6 is 0 Å². The summed E-state index contributed by atoms with van der Waals surface area (Å²) in [5.41, 5.74) is -1.63. The van der Waals surface area contributed by atoms with Gasteiger partial charge in [-0.3, -0.25) is 0 Å². The summed E-state index contributed by atoms with van der Waals surface area (Å²) in [6.07, 6.45) is -2.26. The highest BCUT2D eigenvalue weighted by atomic mass is 19.2. The second-order valence-electron chi connectivity index (χ2n) is 3.08. The number of anilines is 1. The van der Waals surface area contributed by atoms with Crippen molar-refractivity contribution in [2.45, 2.75) is 13.2 Å². The molecule has 1 unspecified atom stereocenters. The van der Waals surface area contributed by atoms with E-state index in [0.717, 1.165) is 0 Å². The normalized spacial score (nSPS) is 12.7. The van der Waals surface area contributed by atoms with Gasteiger partial charge < -0.3 is 4.90 Å². The van der Waals surface area contributed by atoms with Gasteiger partial charge >= 0.3 is 0 Å². The lowest BCUT2D eigenvalue weighted by molar-refractivity contribution is 0.294. The summed E-state index contributed by atoms with van der Waals surface area (Å²) in [7, 11) is 0. The highest BCUT2D eigenvalue weighted by Crippen LogP contribution is 2.31. The van der Waals surface area contributed by atoms with E-state index in [0.29, 0.717) is 6.92 Å². The third-order valence-electron chi connectivity index (χ3n) is 2.03. The Labute approximate surface area is 91.4 Å². The highest BCUT2D eigenvalue weighted by Gasteiger charge is 2.30. The number of hydrogen-bond acceptors (Lipinski definition) is 1. The first kappa shape index (κ1) is 13.6. The van der Waals surface area contributed by atoms with Crippen molar-refractivity contribution in [3.05, 3.63) is 29.1 Å². The summed E-state index contributed by atoms with van der Waals surface area (Å²) in [6, 6.07) is 0. The van der Waals surface area contributed by atoms with E-state index in [1.165, 1.54) is 0 Å². The maximum atomic E-state index is 13.1. The SMILES string of the molecule is CC(F)N(CF)c1c(F)c(F)c(F)c(F)c1F. The van der Waals surface area contributed by atoms with E-state index < -0.39 is 47.9 Å². The summed E-state index contributed by atoms with van der Waals surface area (Å²) >= 11 is 0. The lowest BCUT2D eigenvalue weighted by atomic mass is 10.2. The van der Waals surface area contributed by atoms with Crippen LogP contribution in [-0.4, -0.2) is 13.1 Å². The van der Waals surface area contributed by atoms with E-state index in [-0.39, 0.29) is 4.90 Å². The molecule has 96 valence electrons. The van der Waals surface area contributed by atoms with Crippen molar-refractivity contribution in [1.82, 2.24) is 0 Å². The molecule has 17 heavy (non-hydrogen) atoms. The number of rotatable bonds is 3. The maximum Gasteiger partial charge on any atom is 0.200 e. The molecule has 0 bridgehead atoms. The number of halogens is 7. The summed E-state index contributed by atoms with van der Waals surface area (Å²) in [5.74, 6) is -11.4. The predicted octanol–water partition coefficient (Wildman–Crippen LogP) is 3.43. The quantitative estimate of drug-likeness (QED) is 0.349. The molecule has 1 atom stereocenters. The number of benzene rings is 1. The summed E-state index contributed by atoms with van der Waals surface area (Å²) in [6.45, 7) is -1.05. The van der Waals surface area contributed by atoms with Gasteiger partial charge in [0.2, 0.25) is 5.82 Å². The lowest BCUT2D eigenvalue weighted by Crippen LogP contribution is -2.31. The Kier molecular flexibility index (Phi) is 3.84. The summed E-state index contributed by atoms with van der Waals surface area (Å²) < 4.78 is 89.4. The molecular weight excluding hydrogens is 255 g/mol. The molecule has 1 rings (SSSR count). The van der Waals surface area contributed by atoms with Gasteiger partial charge in [0, 0.05) is 0 Å². The fraction of sp³-hybridized carbons (Fsp3) is 0.333. The van der Waals surface area contributed by atoms with Crippen LogP contribution in [0.2, 0.25) is 0 Å². The molecule has 1 aromatic rings. The van der Waals surface area contributed by atoms with Gasteiger partial charge in [-0.1, -0.05) is 0 Å². The second-order valence-corrected chi connectivity index (χ2v) is 3.08. The smallest absolute Gasteiger partial charge is 0.200 e. The van der Waals surface area contributed by atoms with Crippen molar-refractivity contribution in [2.24, 2.45) is 0 Å². The molecule has 0 amide bonds. The second kappa shape index (κ2) is 4.80. The molecule has 0 fully saturated rings. The molecule has 0 saturated heterocycles.